The smallest absolute Gasteiger partial charge is 0.417 e. The van der Waals surface area contributed by atoms with Crippen LogP contribution in [0.3, 0.4) is 0 Å². The van der Waals surface area contributed by atoms with E-state index in [0.717, 1.165) is 24.0 Å². The molecule has 5 nitrogen and oxygen atoms in total. The Bertz CT molecular complexity index is 737. The zero-order valence-electron chi connectivity index (χ0n) is 14.6. The zero-order valence-corrected chi connectivity index (χ0v) is 14.6. The molecular weight excluding hydrogens is 318 g/mol. The molecule has 2 atom stereocenters. The summed E-state index contributed by atoms with van der Waals surface area (Å²) in [6.45, 7) is 4.27. The maximum atomic E-state index is 12.7. The second-order valence-electron chi connectivity index (χ2n) is 6.70. The molecule has 1 aromatic carbocycles. The third kappa shape index (κ3) is 3.92. The van der Waals surface area contributed by atoms with Crippen molar-refractivity contribution in [3.63, 3.8) is 0 Å². The molecular formula is C20H23NO4. The average Bonchev–Trinajstić information content (AvgIpc) is 3.19. The monoisotopic (exact) mass is 341 g/mol. The van der Waals surface area contributed by atoms with Crippen LogP contribution in [0.15, 0.2) is 47.3 Å². The van der Waals surface area contributed by atoms with Gasteiger partial charge in [0, 0.05) is 6.42 Å². The predicted octanol–water partition coefficient (Wildman–Crippen LogP) is 4.27. The van der Waals surface area contributed by atoms with Gasteiger partial charge in [-0.2, -0.15) is 0 Å². The molecule has 0 aliphatic carbocycles. The molecule has 2 heterocycles. The predicted molar refractivity (Wildman–Crippen MR) is 92.9 cm³/mol. The number of cyclic esters (lactones) is 1. The Kier molecular flexibility index (Phi) is 5.22. The highest BCUT2D eigenvalue weighted by Crippen LogP contribution is 2.29. The van der Waals surface area contributed by atoms with Crippen molar-refractivity contribution in [3.8, 4) is 0 Å². The normalized spacial score (nSPS) is 18.2. The maximum absolute atomic E-state index is 12.7. The van der Waals surface area contributed by atoms with Gasteiger partial charge in [-0.25, -0.2) is 9.69 Å². The van der Waals surface area contributed by atoms with E-state index in [1.165, 1.54) is 10.5 Å². The summed E-state index contributed by atoms with van der Waals surface area (Å²) in [5.74, 6) is -0.000563. The number of hydrogen-bond acceptors (Lipinski definition) is 4. The van der Waals surface area contributed by atoms with E-state index >= 15 is 0 Å². The molecule has 1 aromatic heterocycles. The fraction of sp³-hybridized carbons (Fsp3) is 0.400. The minimum Gasteiger partial charge on any atom is -0.472 e. The van der Waals surface area contributed by atoms with Gasteiger partial charge in [0.1, 0.15) is 12.6 Å². The van der Waals surface area contributed by atoms with Gasteiger partial charge in [0.2, 0.25) is 5.91 Å². The van der Waals surface area contributed by atoms with Crippen molar-refractivity contribution in [3.05, 3.63) is 59.5 Å². The minimum atomic E-state index is -0.545. The number of carbonyl (C=O) groups excluding carboxylic acids is 2. The lowest BCUT2D eigenvalue weighted by molar-refractivity contribution is -0.130. The summed E-state index contributed by atoms with van der Waals surface area (Å²) in [6.07, 6.45) is 5.00. The molecule has 5 heteroatoms. The second-order valence-corrected chi connectivity index (χ2v) is 6.70. The summed E-state index contributed by atoms with van der Waals surface area (Å²) in [6, 6.07) is 9.21. The molecule has 132 valence electrons. The fourth-order valence-corrected chi connectivity index (χ4v) is 3.16. The van der Waals surface area contributed by atoms with E-state index in [0.29, 0.717) is 6.42 Å². The van der Waals surface area contributed by atoms with Crippen molar-refractivity contribution >= 4 is 12.0 Å². The SMILES string of the molecule is Cc1cocc1CC[C@@H](C)CC(=O)N1C(=O)OC[C@H]1c1ccccc1. The summed E-state index contributed by atoms with van der Waals surface area (Å²) in [5.41, 5.74) is 3.22. The number of imide groups is 1. The van der Waals surface area contributed by atoms with E-state index in [1.54, 1.807) is 12.5 Å². The lowest BCUT2D eigenvalue weighted by atomic mass is 9.97. The first kappa shape index (κ1) is 17.3. The van der Waals surface area contributed by atoms with E-state index in [-0.39, 0.29) is 24.5 Å². The Balaban J connectivity index is 1.60. The summed E-state index contributed by atoms with van der Waals surface area (Å²) in [5, 5.41) is 0. The number of benzene rings is 1. The minimum absolute atomic E-state index is 0.173. The van der Waals surface area contributed by atoms with Gasteiger partial charge in [-0.15, -0.1) is 0 Å². The highest BCUT2D eigenvalue weighted by Gasteiger charge is 2.38. The Morgan fingerprint density at radius 3 is 2.72 bits per heavy atom. The van der Waals surface area contributed by atoms with Crippen molar-refractivity contribution in [2.45, 2.75) is 39.2 Å². The number of nitrogens with zero attached hydrogens (tertiary/aromatic N) is 1. The molecule has 3 rings (SSSR count). The van der Waals surface area contributed by atoms with Crippen LogP contribution >= 0.6 is 0 Å². The summed E-state index contributed by atoms with van der Waals surface area (Å²) >= 11 is 0. The van der Waals surface area contributed by atoms with Crippen LogP contribution in [0.4, 0.5) is 4.79 Å². The lowest BCUT2D eigenvalue weighted by Crippen LogP contribution is -2.35. The van der Waals surface area contributed by atoms with Crippen LogP contribution in [-0.4, -0.2) is 23.5 Å². The third-order valence-electron chi connectivity index (χ3n) is 4.72. The number of furan rings is 1. The van der Waals surface area contributed by atoms with Gasteiger partial charge in [0.15, 0.2) is 0 Å². The van der Waals surface area contributed by atoms with Gasteiger partial charge < -0.3 is 9.15 Å². The van der Waals surface area contributed by atoms with Crippen LogP contribution in [0, 0.1) is 12.8 Å². The highest BCUT2D eigenvalue weighted by atomic mass is 16.6. The molecule has 1 fully saturated rings. The molecule has 1 saturated heterocycles. The van der Waals surface area contributed by atoms with Gasteiger partial charge in [0.05, 0.1) is 12.5 Å². The fourth-order valence-electron chi connectivity index (χ4n) is 3.16. The average molecular weight is 341 g/mol. The number of ether oxygens (including phenoxy) is 1. The van der Waals surface area contributed by atoms with Crippen molar-refractivity contribution in [2.24, 2.45) is 5.92 Å². The standard InChI is InChI=1S/C20H23NO4/c1-14(8-9-17-12-24-11-15(17)2)10-19(22)21-18(13-25-20(21)23)16-6-4-3-5-7-16/h3-7,11-12,14,18H,8-10,13H2,1-2H3/t14-,18+/m1/s1. The van der Waals surface area contributed by atoms with Crippen molar-refractivity contribution < 1.29 is 18.7 Å². The van der Waals surface area contributed by atoms with E-state index < -0.39 is 6.09 Å². The van der Waals surface area contributed by atoms with Crippen LogP contribution in [0.1, 0.15) is 42.5 Å². The quantitative estimate of drug-likeness (QED) is 0.787. The van der Waals surface area contributed by atoms with Gasteiger partial charge >= 0.3 is 6.09 Å². The van der Waals surface area contributed by atoms with Gasteiger partial charge in [0.25, 0.3) is 0 Å². The van der Waals surface area contributed by atoms with E-state index in [9.17, 15) is 9.59 Å². The van der Waals surface area contributed by atoms with Crippen molar-refractivity contribution in [1.82, 2.24) is 4.90 Å². The first-order chi connectivity index (χ1) is 12.1. The zero-order chi connectivity index (χ0) is 17.8. The van der Waals surface area contributed by atoms with E-state index in [4.69, 9.17) is 9.15 Å². The van der Waals surface area contributed by atoms with Gasteiger partial charge in [-0.1, -0.05) is 37.3 Å². The van der Waals surface area contributed by atoms with E-state index in [1.807, 2.05) is 44.2 Å². The Hall–Kier alpha value is -2.56. The van der Waals surface area contributed by atoms with Crippen LogP contribution in [-0.2, 0) is 16.0 Å². The molecule has 0 radical (unpaired) electrons. The van der Waals surface area contributed by atoms with Crippen LogP contribution in [0.2, 0.25) is 0 Å². The molecule has 2 aromatic rings. The number of hydrogen-bond donors (Lipinski definition) is 0. The van der Waals surface area contributed by atoms with Crippen LogP contribution < -0.4 is 0 Å². The molecule has 25 heavy (non-hydrogen) atoms. The molecule has 0 N–H and O–H groups in total. The molecule has 1 aliphatic rings. The molecule has 0 saturated carbocycles. The van der Waals surface area contributed by atoms with Crippen molar-refractivity contribution in [2.75, 3.05) is 6.61 Å². The van der Waals surface area contributed by atoms with Crippen LogP contribution in [0.5, 0.6) is 0 Å². The molecule has 0 bridgehead atoms. The lowest BCUT2D eigenvalue weighted by Gasteiger charge is -2.21. The number of rotatable bonds is 6. The van der Waals surface area contributed by atoms with Gasteiger partial charge in [-0.3, -0.25) is 4.79 Å². The first-order valence-electron chi connectivity index (χ1n) is 8.61. The summed E-state index contributed by atoms with van der Waals surface area (Å²) in [7, 11) is 0. The Morgan fingerprint density at radius 2 is 2.04 bits per heavy atom. The largest absolute Gasteiger partial charge is 0.472 e. The first-order valence-corrected chi connectivity index (χ1v) is 8.61. The number of amides is 2. The second kappa shape index (κ2) is 7.55. The molecule has 0 spiro atoms. The molecule has 1 aliphatic heterocycles. The number of carbonyl (C=O) groups is 2. The highest BCUT2D eigenvalue weighted by molar-refractivity contribution is 5.93. The number of aryl methyl sites for hydroxylation is 2. The third-order valence-corrected chi connectivity index (χ3v) is 4.72. The Morgan fingerprint density at radius 1 is 1.28 bits per heavy atom. The maximum Gasteiger partial charge on any atom is 0.417 e. The van der Waals surface area contributed by atoms with Crippen LogP contribution in [0.25, 0.3) is 0 Å². The topological polar surface area (TPSA) is 59.8 Å². The Labute approximate surface area is 147 Å². The van der Waals surface area contributed by atoms with Gasteiger partial charge in [-0.05, 0) is 42.4 Å². The van der Waals surface area contributed by atoms with Crippen molar-refractivity contribution in [1.29, 1.82) is 0 Å². The summed E-state index contributed by atoms with van der Waals surface area (Å²) in [4.78, 5) is 26.0. The van der Waals surface area contributed by atoms with E-state index in [2.05, 4.69) is 0 Å². The molecule has 0 unspecified atom stereocenters. The summed E-state index contributed by atoms with van der Waals surface area (Å²) < 4.78 is 10.3. The molecule has 2 amide bonds.